The molecule has 0 aliphatic heterocycles. The van der Waals surface area contributed by atoms with E-state index < -0.39 is 19.2 Å². The van der Waals surface area contributed by atoms with Crippen LogP contribution < -0.4 is 4.74 Å². The zero-order chi connectivity index (χ0) is 13.2. The van der Waals surface area contributed by atoms with Crippen LogP contribution in [0.15, 0.2) is 36.4 Å². The fraction of sp³-hybridized carbons (Fsp3) is 0.231. The van der Waals surface area contributed by atoms with Crippen molar-refractivity contribution in [3.63, 3.8) is 0 Å². The number of alkyl halides is 3. The van der Waals surface area contributed by atoms with Crippen LogP contribution in [0.25, 0.3) is 10.8 Å². The molecule has 0 fully saturated rings. The number of hydrogen-bond donors (Lipinski definition) is 1. The van der Waals surface area contributed by atoms with Gasteiger partial charge in [-0.2, -0.15) is 13.2 Å². The zero-order valence-corrected chi connectivity index (χ0v) is 9.37. The van der Waals surface area contributed by atoms with E-state index in [0.717, 1.165) is 10.8 Å². The maximum atomic E-state index is 12.0. The van der Waals surface area contributed by atoms with Crippen molar-refractivity contribution in [2.24, 2.45) is 0 Å². The molecule has 0 heterocycles. The molecule has 96 valence electrons. The summed E-state index contributed by atoms with van der Waals surface area (Å²) in [5, 5.41) is 10.9. The number of hydrogen-bond acceptors (Lipinski definition) is 2. The molecule has 0 bridgehead atoms. The van der Waals surface area contributed by atoms with E-state index in [1.807, 2.05) is 0 Å². The van der Waals surface area contributed by atoms with Crippen LogP contribution in [0.3, 0.4) is 0 Å². The maximum Gasteiger partial charge on any atom is 0.392 e. The van der Waals surface area contributed by atoms with E-state index in [4.69, 9.17) is 4.74 Å². The summed E-state index contributed by atoms with van der Waals surface area (Å²) in [6.45, 7) is -0.409. The van der Waals surface area contributed by atoms with Crippen LogP contribution >= 0.6 is 0 Å². The van der Waals surface area contributed by atoms with Gasteiger partial charge in [0.15, 0.2) is 0 Å². The molecule has 5 heteroatoms. The zero-order valence-electron chi connectivity index (χ0n) is 9.37. The van der Waals surface area contributed by atoms with E-state index in [1.165, 1.54) is 6.07 Å². The van der Waals surface area contributed by atoms with Crippen molar-refractivity contribution in [1.82, 2.24) is 0 Å². The number of phenols is 1. The molecule has 0 aromatic heterocycles. The highest BCUT2D eigenvalue weighted by Crippen LogP contribution is 2.25. The van der Waals surface area contributed by atoms with Gasteiger partial charge in [-0.05, 0) is 35.0 Å². The lowest BCUT2D eigenvalue weighted by Crippen LogP contribution is -2.12. The van der Waals surface area contributed by atoms with Gasteiger partial charge in [-0.25, -0.2) is 0 Å². The maximum absolute atomic E-state index is 12.0. The van der Waals surface area contributed by atoms with Crippen molar-refractivity contribution in [1.29, 1.82) is 0 Å². The molecule has 0 amide bonds. The van der Waals surface area contributed by atoms with Gasteiger partial charge in [0.05, 0.1) is 13.0 Å². The highest BCUT2D eigenvalue weighted by molar-refractivity contribution is 5.85. The largest absolute Gasteiger partial charge is 0.508 e. The normalized spacial score (nSPS) is 11.7. The molecule has 2 aromatic rings. The molecule has 0 saturated heterocycles. The Labute approximate surface area is 102 Å². The molecule has 1 N–H and O–H groups in total. The van der Waals surface area contributed by atoms with E-state index in [2.05, 4.69) is 0 Å². The number of rotatable bonds is 3. The summed E-state index contributed by atoms with van der Waals surface area (Å²) in [4.78, 5) is 0. The quantitative estimate of drug-likeness (QED) is 0.903. The van der Waals surface area contributed by atoms with Crippen LogP contribution in [0.2, 0.25) is 0 Å². The monoisotopic (exact) mass is 256 g/mol. The number of fused-ring (bicyclic) bond motifs is 1. The average Bonchev–Trinajstić information content (AvgIpc) is 2.26. The van der Waals surface area contributed by atoms with Crippen LogP contribution in [0, 0.1) is 0 Å². The van der Waals surface area contributed by atoms with E-state index in [9.17, 15) is 18.3 Å². The Morgan fingerprint density at radius 1 is 1.00 bits per heavy atom. The van der Waals surface area contributed by atoms with Gasteiger partial charge in [0.2, 0.25) is 0 Å². The molecule has 0 aliphatic rings. The summed E-state index contributed by atoms with van der Waals surface area (Å²) in [5.41, 5.74) is 0. The van der Waals surface area contributed by atoms with Gasteiger partial charge < -0.3 is 9.84 Å². The molecule has 0 radical (unpaired) electrons. The topological polar surface area (TPSA) is 29.5 Å². The minimum Gasteiger partial charge on any atom is -0.508 e. The third kappa shape index (κ3) is 3.29. The molecule has 18 heavy (non-hydrogen) atoms. The first-order valence-electron chi connectivity index (χ1n) is 5.36. The van der Waals surface area contributed by atoms with Crippen molar-refractivity contribution < 1.29 is 23.0 Å². The minimum atomic E-state index is -4.21. The molecule has 2 aromatic carbocycles. The van der Waals surface area contributed by atoms with E-state index in [0.29, 0.717) is 5.75 Å². The van der Waals surface area contributed by atoms with E-state index >= 15 is 0 Å². The number of phenolic OH excluding ortho intramolecular Hbond substituents is 1. The average molecular weight is 256 g/mol. The van der Waals surface area contributed by atoms with Gasteiger partial charge in [-0.1, -0.05) is 12.1 Å². The fourth-order valence-electron chi connectivity index (χ4n) is 1.59. The van der Waals surface area contributed by atoms with E-state index in [1.54, 1.807) is 30.3 Å². The summed E-state index contributed by atoms with van der Waals surface area (Å²) in [6.07, 6.45) is -5.19. The standard InChI is InChI=1S/C13H11F3O2/c14-13(15,16)5-6-18-12-4-2-9-1-3-11(17)7-10(9)8-12/h1-4,7-8,17H,5-6H2. The third-order valence-electron chi connectivity index (χ3n) is 2.45. The Bertz CT molecular complexity index is 549. The van der Waals surface area contributed by atoms with Crippen LogP contribution in [0.5, 0.6) is 11.5 Å². The number of aromatic hydroxyl groups is 1. The summed E-state index contributed by atoms with van der Waals surface area (Å²) >= 11 is 0. The van der Waals surface area contributed by atoms with Gasteiger partial charge in [0.1, 0.15) is 11.5 Å². The lowest BCUT2D eigenvalue weighted by atomic mass is 10.1. The first-order chi connectivity index (χ1) is 8.44. The second-order valence-corrected chi connectivity index (χ2v) is 3.91. The van der Waals surface area contributed by atoms with Crippen molar-refractivity contribution in [3.8, 4) is 11.5 Å². The number of ether oxygens (including phenoxy) is 1. The summed E-state index contributed by atoms with van der Waals surface area (Å²) in [5.74, 6) is 0.465. The molecule has 2 rings (SSSR count). The Morgan fingerprint density at radius 3 is 2.44 bits per heavy atom. The SMILES string of the molecule is Oc1ccc2ccc(OCCC(F)(F)F)cc2c1. The third-order valence-corrected chi connectivity index (χ3v) is 2.45. The molecular formula is C13H11F3O2. The highest BCUT2D eigenvalue weighted by atomic mass is 19.4. The first kappa shape index (κ1) is 12.5. The molecule has 0 saturated carbocycles. The van der Waals surface area contributed by atoms with Gasteiger partial charge in [0, 0.05) is 0 Å². The van der Waals surface area contributed by atoms with Crippen molar-refractivity contribution in [2.45, 2.75) is 12.6 Å². The Hall–Kier alpha value is -1.91. The summed E-state index contributed by atoms with van der Waals surface area (Å²) in [6, 6.07) is 9.75. The predicted octanol–water partition coefficient (Wildman–Crippen LogP) is 3.88. The first-order valence-corrected chi connectivity index (χ1v) is 5.36. The molecule has 0 aliphatic carbocycles. The van der Waals surface area contributed by atoms with Crippen LogP contribution in [0.1, 0.15) is 6.42 Å². The van der Waals surface area contributed by atoms with Crippen LogP contribution in [-0.4, -0.2) is 17.9 Å². The second kappa shape index (κ2) is 4.76. The van der Waals surface area contributed by atoms with Gasteiger partial charge in [-0.3, -0.25) is 0 Å². The molecule has 2 nitrogen and oxygen atoms in total. The smallest absolute Gasteiger partial charge is 0.392 e. The van der Waals surface area contributed by atoms with Gasteiger partial charge >= 0.3 is 6.18 Å². The Balaban J connectivity index is 2.10. The number of halogens is 3. The number of benzene rings is 2. The van der Waals surface area contributed by atoms with Crippen LogP contribution in [0.4, 0.5) is 13.2 Å². The minimum absolute atomic E-state index is 0.106. The molecule has 0 atom stereocenters. The predicted molar refractivity (Wildman–Crippen MR) is 61.8 cm³/mol. The van der Waals surface area contributed by atoms with E-state index in [-0.39, 0.29) is 5.75 Å². The lowest BCUT2D eigenvalue weighted by Gasteiger charge is -2.09. The van der Waals surface area contributed by atoms with Crippen LogP contribution in [-0.2, 0) is 0 Å². The molecule has 0 spiro atoms. The second-order valence-electron chi connectivity index (χ2n) is 3.91. The Morgan fingerprint density at radius 2 is 1.72 bits per heavy atom. The molecular weight excluding hydrogens is 245 g/mol. The molecule has 0 unspecified atom stereocenters. The van der Waals surface area contributed by atoms with Crippen molar-refractivity contribution >= 4 is 10.8 Å². The summed E-state index contributed by atoms with van der Waals surface area (Å²) < 4.78 is 40.9. The highest BCUT2D eigenvalue weighted by Gasteiger charge is 2.26. The summed E-state index contributed by atoms with van der Waals surface area (Å²) in [7, 11) is 0. The Kier molecular flexibility index (Phi) is 3.32. The lowest BCUT2D eigenvalue weighted by molar-refractivity contribution is -0.139. The fourth-order valence-corrected chi connectivity index (χ4v) is 1.59. The van der Waals surface area contributed by atoms with Gasteiger partial charge in [0.25, 0.3) is 0 Å². The van der Waals surface area contributed by atoms with Crippen molar-refractivity contribution in [2.75, 3.05) is 6.61 Å². The van der Waals surface area contributed by atoms with Gasteiger partial charge in [-0.15, -0.1) is 0 Å². The van der Waals surface area contributed by atoms with Crippen molar-refractivity contribution in [3.05, 3.63) is 36.4 Å².